The van der Waals surface area contributed by atoms with Crippen molar-refractivity contribution in [1.29, 1.82) is 0 Å². The van der Waals surface area contributed by atoms with E-state index in [9.17, 15) is 4.79 Å². The van der Waals surface area contributed by atoms with Crippen LogP contribution in [0.5, 0.6) is 0 Å². The molecule has 25 heavy (non-hydrogen) atoms. The summed E-state index contributed by atoms with van der Waals surface area (Å²) in [6.07, 6.45) is 3.96. The Balaban J connectivity index is 1.58. The van der Waals surface area contributed by atoms with Gasteiger partial charge < -0.3 is 9.64 Å². The molecule has 1 aliphatic rings. The number of rotatable bonds is 6. The first kappa shape index (κ1) is 17.0. The van der Waals surface area contributed by atoms with Crippen molar-refractivity contribution in [2.24, 2.45) is 0 Å². The Morgan fingerprint density at radius 3 is 2.44 bits per heavy atom. The van der Waals surface area contributed by atoms with Crippen molar-refractivity contribution >= 4 is 23.4 Å². The molecule has 2 aromatic carbocycles. The van der Waals surface area contributed by atoms with Crippen LogP contribution in [0.25, 0.3) is 6.08 Å². The quantitative estimate of drug-likeness (QED) is 0.593. The van der Waals surface area contributed by atoms with Crippen molar-refractivity contribution in [3.05, 3.63) is 65.7 Å². The van der Waals surface area contributed by atoms with E-state index in [1.165, 1.54) is 5.69 Å². The monoisotopic (exact) mass is 338 g/mol. The summed E-state index contributed by atoms with van der Waals surface area (Å²) in [5.74, 6) is -0.307. The average Bonchev–Trinajstić information content (AvgIpc) is 3.40. The smallest absolute Gasteiger partial charge is 0.338 e. The molecule has 1 unspecified atom stereocenters. The molecule has 5 nitrogen and oxygen atoms in total. The van der Waals surface area contributed by atoms with E-state index < -0.39 is 0 Å². The average molecular weight is 338 g/mol. The lowest BCUT2D eigenvalue weighted by Crippen LogP contribution is -2.07. The van der Waals surface area contributed by atoms with Crippen LogP contribution in [0.1, 0.15) is 22.8 Å². The molecule has 0 bridgehead atoms. The van der Waals surface area contributed by atoms with Gasteiger partial charge in [0.1, 0.15) is 0 Å². The molecule has 1 saturated heterocycles. The molecule has 0 saturated carbocycles. The van der Waals surface area contributed by atoms with Gasteiger partial charge in [-0.2, -0.15) is 0 Å². The van der Waals surface area contributed by atoms with Crippen LogP contribution in [-0.2, 0) is 9.57 Å². The SMILES string of the molecule is CCOC(=O)c1ccc(N2OC2/C=C/c2ccc(N(C)C)cc2)cc1. The Morgan fingerprint density at radius 1 is 1.16 bits per heavy atom. The van der Waals surface area contributed by atoms with Crippen molar-refractivity contribution in [3.8, 4) is 0 Å². The third-order valence-corrected chi connectivity index (χ3v) is 3.90. The molecule has 0 aromatic heterocycles. The van der Waals surface area contributed by atoms with Crippen molar-refractivity contribution in [2.75, 3.05) is 30.7 Å². The number of carbonyl (C=O) groups excluding carboxylic acids is 1. The lowest BCUT2D eigenvalue weighted by Gasteiger charge is -2.11. The minimum atomic E-state index is -0.307. The molecule has 0 N–H and O–H groups in total. The lowest BCUT2D eigenvalue weighted by molar-refractivity contribution is 0.0526. The van der Waals surface area contributed by atoms with Gasteiger partial charge in [-0.15, -0.1) is 0 Å². The highest BCUT2D eigenvalue weighted by Crippen LogP contribution is 2.31. The number of nitrogens with zero attached hydrogens (tertiary/aromatic N) is 2. The summed E-state index contributed by atoms with van der Waals surface area (Å²) in [5.41, 5.74) is 3.74. The molecular formula is C20H22N2O3. The topological polar surface area (TPSA) is 45.1 Å². The molecule has 3 rings (SSSR count). The Hall–Kier alpha value is -2.79. The summed E-state index contributed by atoms with van der Waals surface area (Å²) >= 11 is 0. The summed E-state index contributed by atoms with van der Waals surface area (Å²) in [6.45, 7) is 2.17. The predicted molar refractivity (Wildman–Crippen MR) is 99.6 cm³/mol. The molecule has 1 fully saturated rings. The zero-order valence-corrected chi connectivity index (χ0v) is 14.7. The number of hydrogen-bond acceptors (Lipinski definition) is 5. The van der Waals surface area contributed by atoms with E-state index in [-0.39, 0.29) is 12.2 Å². The van der Waals surface area contributed by atoms with E-state index >= 15 is 0 Å². The van der Waals surface area contributed by atoms with Gasteiger partial charge in [0.2, 0.25) is 0 Å². The Bertz CT molecular complexity index is 752. The van der Waals surface area contributed by atoms with Gasteiger partial charge in [-0.3, -0.25) is 0 Å². The van der Waals surface area contributed by atoms with Crippen LogP contribution in [0, 0.1) is 0 Å². The number of esters is 1. The van der Waals surface area contributed by atoms with Crippen LogP contribution in [0.2, 0.25) is 0 Å². The van der Waals surface area contributed by atoms with Gasteiger partial charge in [-0.25, -0.2) is 14.7 Å². The normalized spacial score (nSPS) is 16.1. The second-order valence-corrected chi connectivity index (χ2v) is 5.93. The Labute approximate surface area is 148 Å². The molecule has 1 aliphatic heterocycles. The largest absolute Gasteiger partial charge is 0.462 e. The molecule has 0 radical (unpaired) electrons. The molecule has 1 heterocycles. The van der Waals surface area contributed by atoms with Crippen LogP contribution in [0.15, 0.2) is 54.6 Å². The highest BCUT2D eigenvalue weighted by atomic mass is 16.8. The van der Waals surface area contributed by atoms with Gasteiger partial charge in [0, 0.05) is 19.8 Å². The van der Waals surface area contributed by atoms with Crippen LogP contribution in [0.3, 0.4) is 0 Å². The predicted octanol–water partition coefficient (Wildman–Crippen LogP) is 3.72. The highest BCUT2D eigenvalue weighted by Gasteiger charge is 2.34. The van der Waals surface area contributed by atoms with E-state index in [2.05, 4.69) is 29.2 Å². The minimum absolute atomic E-state index is 0.0815. The van der Waals surface area contributed by atoms with Gasteiger partial charge >= 0.3 is 5.97 Å². The summed E-state index contributed by atoms with van der Waals surface area (Å²) < 4.78 is 4.98. The highest BCUT2D eigenvalue weighted by molar-refractivity contribution is 5.89. The molecule has 1 atom stereocenters. The van der Waals surface area contributed by atoms with E-state index in [4.69, 9.17) is 9.57 Å². The van der Waals surface area contributed by atoms with Crippen molar-refractivity contribution in [1.82, 2.24) is 0 Å². The summed E-state index contributed by atoms with van der Waals surface area (Å²) in [7, 11) is 4.04. The zero-order valence-electron chi connectivity index (χ0n) is 14.7. The molecule has 130 valence electrons. The fourth-order valence-corrected chi connectivity index (χ4v) is 2.45. The van der Waals surface area contributed by atoms with Crippen molar-refractivity contribution in [3.63, 3.8) is 0 Å². The van der Waals surface area contributed by atoms with Gasteiger partial charge in [0.15, 0.2) is 6.23 Å². The van der Waals surface area contributed by atoms with E-state index in [0.29, 0.717) is 12.2 Å². The Kier molecular flexibility index (Phi) is 5.05. The fraction of sp³-hybridized carbons (Fsp3) is 0.250. The molecule has 5 heteroatoms. The van der Waals surface area contributed by atoms with Gasteiger partial charge in [0.25, 0.3) is 0 Å². The van der Waals surface area contributed by atoms with Crippen LogP contribution >= 0.6 is 0 Å². The van der Waals surface area contributed by atoms with Crippen molar-refractivity contribution in [2.45, 2.75) is 13.2 Å². The van der Waals surface area contributed by atoms with E-state index in [0.717, 1.165) is 11.3 Å². The molecule has 0 amide bonds. The maximum absolute atomic E-state index is 11.6. The number of hydroxylamine groups is 1. The van der Waals surface area contributed by atoms with Gasteiger partial charge in [0.05, 0.1) is 17.9 Å². The third kappa shape index (κ3) is 4.19. The summed E-state index contributed by atoms with van der Waals surface area (Å²) in [4.78, 5) is 19.3. The maximum Gasteiger partial charge on any atom is 0.338 e. The molecular weight excluding hydrogens is 316 g/mol. The number of benzene rings is 2. The lowest BCUT2D eigenvalue weighted by atomic mass is 10.2. The summed E-state index contributed by atoms with van der Waals surface area (Å²) in [5, 5.41) is 1.79. The second kappa shape index (κ2) is 7.40. The number of anilines is 2. The zero-order chi connectivity index (χ0) is 17.8. The summed E-state index contributed by atoms with van der Waals surface area (Å²) in [6, 6.07) is 15.5. The molecule has 0 spiro atoms. The minimum Gasteiger partial charge on any atom is -0.462 e. The molecule has 2 aromatic rings. The second-order valence-electron chi connectivity index (χ2n) is 5.93. The van der Waals surface area contributed by atoms with Gasteiger partial charge in [-0.1, -0.05) is 18.2 Å². The molecule has 0 aliphatic carbocycles. The number of ether oxygens (including phenoxy) is 1. The Morgan fingerprint density at radius 2 is 1.84 bits per heavy atom. The standard InChI is InChI=1S/C20H22N2O3/c1-4-24-20(23)16-8-12-18(13-9-16)22-19(25-22)14-7-15-5-10-17(11-6-15)21(2)3/h5-14,19H,4H2,1-3H3/b14-7+. The third-order valence-electron chi connectivity index (χ3n) is 3.90. The van der Waals surface area contributed by atoms with Gasteiger partial charge in [-0.05, 0) is 55.0 Å². The number of hydrogen-bond donors (Lipinski definition) is 0. The van der Waals surface area contributed by atoms with Crippen LogP contribution in [-0.4, -0.2) is 32.9 Å². The van der Waals surface area contributed by atoms with Crippen LogP contribution in [0.4, 0.5) is 11.4 Å². The first-order valence-electron chi connectivity index (χ1n) is 8.27. The van der Waals surface area contributed by atoms with E-state index in [1.807, 2.05) is 38.4 Å². The number of carbonyl (C=O) groups is 1. The van der Waals surface area contributed by atoms with Crippen LogP contribution < -0.4 is 9.96 Å². The van der Waals surface area contributed by atoms with Crippen molar-refractivity contribution < 1.29 is 14.4 Å². The first-order chi connectivity index (χ1) is 12.1. The maximum atomic E-state index is 11.6. The first-order valence-corrected chi connectivity index (χ1v) is 8.27. The fourth-order valence-electron chi connectivity index (χ4n) is 2.45. The van der Waals surface area contributed by atoms with E-state index in [1.54, 1.807) is 24.1 Å².